The summed E-state index contributed by atoms with van der Waals surface area (Å²) in [5, 5.41) is 4.04. The summed E-state index contributed by atoms with van der Waals surface area (Å²) in [5.41, 5.74) is 4.65. The third kappa shape index (κ3) is 2.92. The zero-order chi connectivity index (χ0) is 11.2. The van der Waals surface area contributed by atoms with Crippen LogP contribution in [0.2, 0.25) is 0 Å². The van der Waals surface area contributed by atoms with Crippen molar-refractivity contribution >= 4 is 11.9 Å². The number of benzene rings is 2. The lowest BCUT2D eigenvalue weighted by atomic mass is 10.2. The van der Waals surface area contributed by atoms with Crippen molar-refractivity contribution in [1.82, 2.24) is 0 Å². The Balaban J connectivity index is 1.98. The maximum atomic E-state index is 12.6. The predicted octanol–water partition coefficient (Wildman–Crippen LogP) is 3.27. The van der Waals surface area contributed by atoms with Gasteiger partial charge in [0.2, 0.25) is 0 Å². The van der Waals surface area contributed by atoms with Crippen LogP contribution in [0.3, 0.4) is 0 Å². The van der Waals surface area contributed by atoms with E-state index in [4.69, 9.17) is 0 Å². The molecule has 0 aliphatic carbocycles. The number of para-hydroxylation sites is 1. The van der Waals surface area contributed by atoms with E-state index in [2.05, 4.69) is 10.5 Å². The Morgan fingerprint density at radius 2 is 1.62 bits per heavy atom. The first-order valence-electron chi connectivity index (χ1n) is 4.94. The third-order valence-corrected chi connectivity index (χ3v) is 2.05. The highest BCUT2D eigenvalue weighted by Gasteiger charge is 1.89. The fraction of sp³-hybridized carbons (Fsp3) is 0. The molecule has 0 saturated heterocycles. The normalized spacial score (nSPS) is 10.6. The highest BCUT2D eigenvalue weighted by molar-refractivity contribution is 5.80. The molecule has 0 unspecified atom stereocenters. The van der Waals surface area contributed by atoms with Gasteiger partial charge in [0.1, 0.15) is 5.82 Å². The Hall–Kier alpha value is -2.16. The quantitative estimate of drug-likeness (QED) is 0.615. The van der Waals surface area contributed by atoms with Crippen LogP contribution >= 0.6 is 0 Å². The lowest BCUT2D eigenvalue weighted by Gasteiger charge is -1.98. The van der Waals surface area contributed by atoms with Crippen LogP contribution in [0.25, 0.3) is 0 Å². The molecule has 2 rings (SSSR count). The maximum Gasteiger partial charge on any atom is 0.123 e. The lowest BCUT2D eigenvalue weighted by molar-refractivity contribution is 0.628. The van der Waals surface area contributed by atoms with Gasteiger partial charge in [-0.15, -0.1) is 0 Å². The lowest BCUT2D eigenvalue weighted by Crippen LogP contribution is -1.90. The van der Waals surface area contributed by atoms with Gasteiger partial charge in [-0.2, -0.15) is 5.10 Å². The van der Waals surface area contributed by atoms with Gasteiger partial charge in [0.05, 0.1) is 11.9 Å². The van der Waals surface area contributed by atoms with Crippen molar-refractivity contribution in [1.29, 1.82) is 0 Å². The Kier molecular flexibility index (Phi) is 3.28. The van der Waals surface area contributed by atoms with Crippen molar-refractivity contribution in [2.45, 2.75) is 0 Å². The topological polar surface area (TPSA) is 24.4 Å². The van der Waals surface area contributed by atoms with E-state index < -0.39 is 0 Å². The van der Waals surface area contributed by atoms with E-state index in [0.717, 1.165) is 11.3 Å². The van der Waals surface area contributed by atoms with Crippen molar-refractivity contribution in [2.75, 3.05) is 5.43 Å². The zero-order valence-electron chi connectivity index (χ0n) is 8.60. The smallest absolute Gasteiger partial charge is 0.123 e. The highest BCUT2D eigenvalue weighted by Crippen LogP contribution is 2.05. The van der Waals surface area contributed by atoms with Crippen molar-refractivity contribution < 1.29 is 4.39 Å². The van der Waals surface area contributed by atoms with Gasteiger partial charge in [-0.05, 0) is 29.8 Å². The summed E-state index contributed by atoms with van der Waals surface area (Å²) < 4.78 is 12.6. The number of hydrogen-bond donors (Lipinski definition) is 1. The molecule has 0 radical (unpaired) electrons. The number of hydrogen-bond acceptors (Lipinski definition) is 2. The van der Waals surface area contributed by atoms with E-state index in [-0.39, 0.29) is 5.82 Å². The summed E-state index contributed by atoms with van der Waals surface area (Å²) in [4.78, 5) is 0. The molecule has 0 heterocycles. The van der Waals surface area contributed by atoms with Crippen molar-refractivity contribution in [3.05, 3.63) is 66.0 Å². The maximum absolute atomic E-state index is 12.6. The molecule has 0 aliphatic heterocycles. The Morgan fingerprint density at radius 3 is 2.31 bits per heavy atom. The molecular weight excluding hydrogens is 203 g/mol. The summed E-state index contributed by atoms with van der Waals surface area (Å²) in [7, 11) is 0. The number of hydrazone groups is 1. The number of halogens is 1. The largest absolute Gasteiger partial charge is 0.279 e. The van der Waals surface area contributed by atoms with Gasteiger partial charge >= 0.3 is 0 Å². The minimum absolute atomic E-state index is 0.242. The number of rotatable bonds is 3. The van der Waals surface area contributed by atoms with Gasteiger partial charge in [-0.3, -0.25) is 5.43 Å². The molecule has 0 aliphatic rings. The third-order valence-electron chi connectivity index (χ3n) is 2.05. The average Bonchev–Trinajstić information content (AvgIpc) is 2.33. The molecule has 2 nitrogen and oxygen atoms in total. The average molecular weight is 214 g/mol. The molecule has 1 N–H and O–H groups in total. The van der Waals surface area contributed by atoms with E-state index in [1.165, 1.54) is 12.1 Å². The molecule has 2 aromatic carbocycles. The number of anilines is 1. The Labute approximate surface area is 93.4 Å². The minimum Gasteiger partial charge on any atom is -0.279 e. The van der Waals surface area contributed by atoms with Crippen LogP contribution in [0.4, 0.5) is 10.1 Å². The summed E-state index contributed by atoms with van der Waals surface area (Å²) in [6.07, 6.45) is 1.65. The van der Waals surface area contributed by atoms with E-state index in [9.17, 15) is 4.39 Å². The SMILES string of the molecule is Fc1ccc(C=NNc2ccccc2)cc1. The Bertz CT molecular complexity index is 463. The van der Waals surface area contributed by atoms with Crippen molar-refractivity contribution in [2.24, 2.45) is 5.10 Å². The molecule has 0 spiro atoms. The second kappa shape index (κ2) is 5.07. The second-order valence-corrected chi connectivity index (χ2v) is 3.29. The van der Waals surface area contributed by atoms with Crippen LogP contribution in [0, 0.1) is 5.82 Å². The van der Waals surface area contributed by atoms with Crippen LogP contribution in [-0.2, 0) is 0 Å². The molecular formula is C13H11FN2. The van der Waals surface area contributed by atoms with Crippen LogP contribution in [-0.4, -0.2) is 6.21 Å². The van der Waals surface area contributed by atoms with E-state index in [1.807, 2.05) is 30.3 Å². The molecule has 2 aromatic rings. The summed E-state index contributed by atoms with van der Waals surface area (Å²) in [6, 6.07) is 15.8. The monoisotopic (exact) mass is 214 g/mol. The summed E-state index contributed by atoms with van der Waals surface area (Å²) >= 11 is 0. The fourth-order valence-corrected chi connectivity index (χ4v) is 1.24. The zero-order valence-corrected chi connectivity index (χ0v) is 8.60. The van der Waals surface area contributed by atoms with Crippen LogP contribution in [0.1, 0.15) is 5.56 Å². The molecule has 80 valence electrons. The molecule has 0 saturated carbocycles. The molecule has 0 amide bonds. The van der Waals surface area contributed by atoms with Crippen molar-refractivity contribution in [3.63, 3.8) is 0 Å². The molecule has 0 fully saturated rings. The first-order valence-corrected chi connectivity index (χ1v) is 4.94. The first kappa shape index (κ1) is 10.4. The van der Waals surface area contributed by atoms with Gasteiger partial charge < -0.3 is 0 Å². The van der Waals surface area contributed by atoms with E-state index in [1.54, 1.807) is 18.3 Å². The fourth-order valence-electron chi connectivity index (χ4n) is 1.24. The molecule has 0 aromatic heterocycles. The number of nitrogens with one attached hydrogen (secondary N) is 1. The van der Waals surface area contributed by atoms with Crippen molar-refractivity contribution in [3.8, 4) is 0 Å². The molecule has 16 heavy (non-hydrogen) atoms. The molecule has 0 atom stereocenters. The first-order chi connectivity index (χ1) is 7.84. The van der Waals surface area contributed by atoms with Gasteiger partial charge in [-0.25, -0.2) is 4.39 Å². The highest BCUT2D eigenvalue weighted by atomic mass is 19.1. The second-order valence-electron chi connectivity index (χ2n) is 3.29. The van der Waals surface area contributed by atoms with E-state index >= 15 is 0 Å². The van der Waals surface area contributed by atoms with Gasteiger partial charge in [0, 0.05) is 0 Å². The minimum atomic E-state index is -0.242. The molecule has 0 bridgehead atoms. The van der Waals surface area contributed by atoms with Gasteiger partial charge in [0.15, 0.2) is 0 Å². The van der Waals surface area contributed by atoms with E-state index in [0.29, 0.717) is 0 Å². The van der Waals surface area contributed by atoms with Crippen LogP contribution < -0.4 is 5.43 Å². The summed E-state index contributed by atoms with van der Waals surface area (Å²) in [6.45, 7) is 0. The predicted molar refractivity (Wildman–Crippen MR) is 64.1 cm³/mol. The standard InChI is InChI=1S/C13H11FN2/c14-12-8-6-11(7-9-12)10-15-16-13-4-2-1-3-5-13/h1-10,16H. The van der Waals surface area contributed by atoms with Gasteiger partial charge in [-0.1, -0.05) is 30.3 Å². The Morgan fingerprint density at radius 1 is 0.938 bits per heavy atom. The van der Waals surface area contributed by atoms with Gasteiger partial charge in [0.25, 0.3) is 0 Å². The van der Waals surface area contributed by atoms with Crippen LogP contribution in [0.15, 0.2) is 59.7 Å². The molecule has 3 heteroatoms. The number of nitrogens with zero attached hydrogens (tertiary/aromatic N) is 1. The summed E-state index contributed by atoms with van der Waals surface area (Å²) in [5.74, 6) is -0.242. The van der Waals surface area contributed by atoms with Crippen LogP contribution in [0.5, 0.6) is 0 Å².